The first-order valence-electron chi connectivity index (χ1n) is 6.02. The maximum absolute atomic E-state index is 9.62. The second kappa shape index (κ2) is 4.11. The Balaban J connectivity index is 1.78. The van der Waals surface area contributed by atoms with Gasteiger partial charge < -0.3 is 15.0 Å². The average molecular weight is 217 g/mol. The second-order valence-electron chi connectivity index (χ2n) is 4.70. The van der Waals surface area contributed by atoms with Crippen LogP contribution in [0.25, 0.3) is 0 Å². The Bertz CT molecular complexity index is 391. The minimum absolute atomic E-state index is 0.528. The van der Waals surface area contributed by atoms with Crippen LogP contribution in [0.1, 0.15) is 31.2 Å². The molecule has 1 heterocycles. The van der Waals surface area contributed by atoms with Gasteiger partial charge in [0.25, 0.3) is 0 Å². The quantitative estimate of drug-likeness (QED) is 0.732. The van der Waals surface area contributed by atoms with Crippen molar-refractivity contribution in [1.82, 2.24) is 0 Å². The molecular weight excluding hydrogens is 201 g/mol. The van der Waals surface area contributed by atoms with Gasteiger partial charge in [0.2, 0.25) is 0 Å². The highest BCUT2D eigenvalue weighted by molar-refractivity contribution is 6.61. The predicted octanol–water partition coefficient (Wildman–Crippen LogP) is 1.26. The molecule has 0 atom stereocenters. The lowest BCUT2D eigenvalue weighted by atomic mass is 9.79. The van der Waals surface area contributed by atoms with Gasteiger partial charge in [-0.25, -0.2) is 0 Å². The van der Waals surface area contributed by atoms with Crippen molar-refractivity contribution < 1.29 is 9.68 Å². The van der Waals surface area contributed by atoms with Crippen LogP contribution in [0.3, 0.4) is 0 Å². The zero-order valence-corrected chi connectivity index (χ0v) is 9.28. The van der Waals surface area contributed by atoms with E-state index in [1.165, 1.54) is 25.7 Å². The third-order valence-electron chi connectivity index (χ3n) is 3.53. The molecule has 0 amide bonds. The van der Waals surface area contributed by atoms with Gasteiger partial charge in [0.05, 0.1) is 6.61 Å². The predicted molar refractivity (Wildman–Crippen MR) is 64.7 cm³/mol. The number of anilines is 1. The monoisotopic (exact) mass is 217 g/mol. The van der Waals surface area contributed by atoms with E-state index in [2.05, 4.69) is 11.4 Å². The molecule has 0 aromatic heterocycles. The summed E-state index contributed by atoms with van der Waals surface area (Å²) in [6.07, 6.45) is 5.18. The summed E-state index contributed by atoms with van der Waals surface area (Å²) in [5, 5.41) is 13.1. The van der Waals surface area contributed by atoms with Crippen LogP contribution in [-0.2, 0) is 11.3 Å². The van der Waals surface area contributed by atoms with Crippen molar-refractivity contribution in [1.29, 1.82) is 0 Å². The molecule has 4 heteroatoms. The molecule has 2 aliphatic rings. The molecule has 3 nitrogen and oxygen atoms in total. The van der Waals surface area contributed by atoms with Gasteiger partial charge in [0, 0.05) is 11.7 Å². The number of hydrogen-bond donors (Lipinski definition) is 2. The van der Waals surface area contributed by atoms with Crippen LogP contribution in [-0.4, -0.2) is 18.2 Å². The Morgan fingerprint density at radius 2 is 2.12 bits per heavy atom. The molecule has 1 saturated carbocycles. The summed E-state index contributed by atoms with van der Waals surface area (Å²) < 4.78 is 5.18. The van der Waals surface area contributed by atoms with Crippen molar-refractivity contribution in [2.75, 3.05) is 5.32 Å². The van der Waals surface area contributed by atoms with E-state index in [0.29, 0.717) is 12.6 Å². The molecular formula is C12H16BNO2. The van der Waals surface area contributed by atoms with Crippen molar-refractivity contribution in [3.05, 3.63) is 23.8 Å². The van der Waals surface area contributed by atoms with Crippen LogP contribution in [0.5, 0.6) is 0 Å². The number of nitrogens with one attached hydrogen (secondary N) is 1. The topological polar surface area (TPSA) is 41.5 Å². The summed E-state index contributed by atoms with van der Waals surface area (Å²) in [6.45, 7) is 0.528. The van der Waals surface area contributed by atoms with E-state index in [1.54, 1.807) is 0 Å². The van der Waals surface area contributed by atoms with Gasteiger partial charge in [-0.1, -0.05) is 18.9 Å². The van der Waals surface area contributed by atoms with Crippen LogP contribution >= 0.6 is 0 Å². The minimum Gasteiger partial charge on any atom is -0.423 e. The first kappa shape index (κ1) is 10.2. The average Bonchev–Trinajstić information content (AvgIpc) is 2.90. The van der Waals surface area contributed by atoms with E-state index in [4.69, 9.17) is 4.65 Å². The van der Waals surface area contributed by atoms with Gasteiger partial charge in [-0.2, -0.15) is 0 Å². The summed E-state index contributed by atoms with van der Waals surface area (Å²) in [6, 6.07) is 6.75. The summed E-state index contributed by atoms with van der Waals surface area (Å²) in [5.41, 5.74) is 3.13. The van der Waals surface area contributed by atoms with E-state index >= 15 is 0 Å². The van der Waals surface area contributed by atoms with Gasteiger partial charge in [-0.3, -0.25) is 0 Å². The van der Waals surface area contributed by atoms with E-state index in [-0.39, 0.29) is 0 Å². The van der Waals surface area contributed by atoms with Gasteiger partial charge in [-0.05, 0) is 36.0 Å². The third-order valence-corrected chi connectivity index (χ3v) is 3.53. The molecule has 0 spiro atoms. The highest BCUT2D eigenvalue weighted by Crippen LogP contribution is 2.23. The summed E-state index contributed by atoms with van der Waals surface area (Å²) in [7, 11) is -0.736. The Morgan fingerprint density at radius 1 is 1.31 bits per heavy atom. The van der Waals surface area contributed by atoms with Crippen molar-refractivity contribution in [2.45, 2.75) is 38.3 Å². The van der Waals surface area contributed by atoms with Crippen LogP contribution in [0.4, 0.5) is 5.69 Å². The molecule has 84 valence electrons. The van der Waals surface area contributed by atoms with Crippen LogP contribution in [0.2, 0.25) is 0 Å². The molecule has 0 unspecified atom stereocenters. The third kappa shape index (κ3) is 1.83. The maximum atomic E-state index is 9.62. The fraction of sp³-hybridized carbons (Fsp3) is 0.500. The summed E-state index contributed by atoms with van der Waals surface area (Å²) >= 11 is 0. The zero-order valence-electron chi connectivity index (χ0n) is 9.28. The van der Waals surface area contributed by atoms with E-state index in [1.807, 2.05) is 12.1 Å². The van der Waals surface area contributed by atoms with Gasteiger partial charge in [0.15, 0.2) is 0 Å². The lowest BCUT2D eigenvalue weighted by molar-refractivity contribution is 0.275. The minimum atomic E-state index is -0.736. The fourth-order valence-electron chi connectivity index (χ4n) is 2.61. The fourth-order valence-corrected chi connectivity index (χ4v) is 2.61. The van der Waals surface area contributed by atoms with Crippen LogP contribution < -0.4 is 10.8 Å². The molecule has 16 heavy (non-hydrogen) atoms. The SMILES string of the molecule is OB1OCc2ccc(NC3CCCC3)cc21. The number of benzene rings is 1. The Morgan fingerprint density at radius 3 is 2.94 bits per heavy atom. The van der Waals surface area contributed by atoms with E-state index < -0.39 is 7.12 Å². The Hall–Kier alpha value is -0.995. The lowest BCUT2D eigenvalue weighted by Crippen LogP contribution is -2.28. The highest BCUT2D eigenvalue weighted by Gasteiger charge is 2.27. The van der Waals surface area contributed by atoms with Crippen molar-refractivity contribution in [3.8, 4) is 0 Å². The van der Waals surface area contributed by atoms with Crippen LogP contribution in [0, 0.1) is 0 Å². The molecule has 1 aromatic rings. The Labute approximate surface area is 96.0 Å². The standard InChI is InChI=1S/C12H16BNO2/c15-13-12-7-11(6-5-9(12)8-16-13)14-10-3-1-2-4-10/h5-7,10,14-15H,1-4,8H2. The Kier molecular flexibility index (Phi) is 2.61. The largest absolute Gasteiger partial charge is 0.491 e. The molecule has 0 radical (unpaired) electrons. The number of fused-ring (bicyclic) bond motifs is 1. The number of hydrogen-bond acceptors (Lipinski definition) is 3. The van der Waals surface area contributed by atoms with Crippen molar-refractivity contribution in [3.63, 3.8) is 0 Å². The lowest BCUT2D eigenvalue weighted by Gasteiger charge is -2.14. The summed E-state index contributed by atoms with van der Waals surface area (Å²) in [4.78, 5) is 0. The second-order valence-corrected chi connectivity index (χ2v) is 4.70. The van der Waals surface area contributed by atoms with Crippen molar-refractivity contribution >= 4 is 18.3 Å². The highest BCUT2D eigenvalue weighted by atomic mass is 16.5. The van der Waals surface area contributed by atoms with E-state index in [9.17, 15) is 5.02 Å². The number of rotatable bonds is 2. The van der Waals surface area contributed by atoms with Gasteiger partial charge in [-0.15, -0.1) is 0 Å². The normalized spacial score (nSPS) is 20.2. The summed E-state index contributed by atoms with van der Waals surface area (Å²) in [5.74, 6) is 0. The molecule has 1 fully saturated rings. The molecule has 3 rings (SSSR count). The van der Waals surface area contributed by atoms with Gasteiger partial charge >= 0.3 is 7.12 Å². The first-order valence-corrected chi connectivity index (χ1v) is 6.02. The molecule has 2 N–H and O–H groups in total. The van der Waals surface area contributed by atoms with Crippen LogP contribution in [0.15, 0.2) is 18.2 Å². The van der Waals surface area contributed by atoms with Gasteiger partial charge in [0.1, 0.15) is 0 Å². The molecule has 0 saturated heterocycles. The first-order chi connectivity index (χ1) is 7.83. The molecule has 0 bridgehead atoms. The zero-order chi connectivity index (χ0) is 11.0. The molecule has 1 aliphatic heterocycles. The van der Waals surface area contributed by atoms with E-state index in [0.717, 1.165) is 16.7 Å². The van der Waals surface area contributed by atoms with Crippen molar-refractivity contribution in [2.24, 2.45) is 0 Å². The molecule has 1 aromatic carbocycles. The smallest absolute Gasteiger partial charge is 0.423 e. The maximum Gasteiger partial charge on any atom is 0.491 e. The molecule has 1 aliphatic carbocycles.